The zero-order valence-corrected chi connectivity index (χ0v) is 20.6. The Labute approximate surface area is 204 Å². The lowest BCUT2D eigenvalue weighted by Gasteiger charge is -2.32. The molecule has 0 bridgehead atoms. The summed E-state index contributed by atoms with van der Waals surface area (Å²) in [7, 11) is 0. The number of hydrogen-bond acceptors (Lipinski definition) is 6. The average Bonchev–Trinajstić information content (AvgIpc) is 3.25. The smallest absolute Gasteiger partial charge is 0.257 e. The molecule has 0 spiro atoms. The lowest BCUT2D eigenvalue weighted by molar-refractivity contribution is 0.102. The topological polar surface area (TPSA) is 61.4 Å². The van der Waals surface area contributed by atoms with E-state index in [1.807, 2.05) is 12.1 Å². The van der Waals surface area contributed by atoms with Crippen LogP contribution in [0, 0.1) is 6.92 Å². The van der Waals surface area contributed by atoms with E-state index in [4.69, 9.17) is 0 Å². The van der Waals surface area contributed by atoms with E-state index >= 15 is 0 Å². The first-order chi connectivity index (χ1) is 15.5. The Morgan fingerprint density at radius 1 is 1.00 bits per heavy atom. The Balaban J connectivity index is 1.36. The van der Waals surface area contributed by atoms with Gasteiger partial charge in [0, 0.05) is 82.1 Å². The average molecular weight is 555 g/mol. The third-order valence-corrected chi connectivity index (χ3v) is 7.56. The van der Waals surface area contributed by atoms with Crippen molar-refractivity contribution in [2.24, 2.45) is 0 Å². The fraction of sp³-hybridized carbons (Fsp3) is 0.208. The second kappa shape index (κ2) is 9.13. The second-order valence-corrected chi connectivity index (χ2v) is 10.4. The summed E-state index contributed by atoms with van der Waals surface area (Å²) in [6.45, 7) is 5.87. The monoisotopic (exact) mass is 555 g/mol. The molecule has 32 heavy (non-hydrogen) atoms. The number of rotatable bonds is 4. The van der Waals surface area contributed by atoms with Crippen molar-refractivity contribution in [1.29, 1.82) is 0 Å². The Morgan fingerprint density at radius 3 is 2.62 bits per heavy atom. The van der Waals surface area contributed by atoms with Gasteiger partial charge in [-0.2, -0.15) is 0 Å². The zero-order valence-electron chi connectivity index (χ0n) is 17.6. The molecule has 1 N–H and O–H groups in total. The predicted octanol–water partition coefficient (Wildman–Crippen LogP) is 5.39. The number of thiophene rings is 1. The molecule has 1 saturated heterocycles. The first-order valence-corrected chi connectivity index (χ1v) is 12.2. The highest BCUT2D eigenvalue weighted by Gasteiger charge is 2.17. The van der Waals surface area contributed by atoms with Crippen molar-refractivity contribution >= 4 is 62.5 Å². The minimum absolute atomic E-state index is 0.182. The number of pyridine rings is 2. The molecule has 4 aromatic rings. The normalized spacial score (nSPS) is 14.6. The Kier molecular flexibility index (Phi) is 6.07. The van der Waals surface area contributed by atoms with Gasteiger partial charge in [0.25, 0.3) is 5.91 Å². The molecule has 1 aliphatic heterocycles. The highest BCUT2D eigenvalue weighted by Crippen LogP contribution is 2.30. The lowest BCUT2D eigenvalue weighted by Crippen LogP contribution is -2.42. The number of nitrogens with one attached hydrogen (secondary N) is 1. The van der Waals surface area contributed by atoms with Gasteiger partial charge in [0.1, 0.15) is 11.6 Å². The van der Waals surface area contributed by atoms with Gasteiger partial charge in [-0.15, -0.1) is 11.3 Å². The van der Waals surface area contributed by atoms with Gasteiger partial charge >= 0.3 is 0 Å². The molecule has 1 aliphatic rings. The number of hydrogen-bond donors (Lipinski definition) is 1. The minimum Gasteiger partial charge on any atom is -0.354 e. The number of anilines is 2. The van der Waals surface area contributed by atoms with E-state index in [0.29, 0.717) is 11.4 Å². The molecule has 0 unspecified atom stereocenters. The van der Waals surface area contributed by atoms with Crippen molar-refractivity contribution in [2.75, 3.05) is 36.4 Å². The lowest BCUT2D eigenvalue weighted by atomic mass is 10.1. The first kappa shape index (κ1) is 21.3. The fourth-order valence-electron chi connectivity index (χ4n) is 3.78. The van der Waals surface area contributed by atoms with Crippen molar-refractivity contribution in [2.45, 2.75) is 6.92 Å². The highest BCUT2D eigenvalue weighted by molar-refractivity contribution is 14.1. The van der Waals surface area contributed by atoms with Crippen molar-refractivity contribution in [3.05, 3.63) is 71.4 Å². The summed E-state index contributed by atoms with van der Waals surface area (Å²) in [6.07, 6.45) is 3.50. The summed E-state index contributed by atoms with van der Waals surface area (Å²) in [4.78, 5) is 26.6. The third-order valence-electron chi connectivity index (χ3n) is 5.54. The molecule has 0 radical (unpaired) electrons. The minimum atomic E-state index is -0.182. The van der Waals surface area contributed by atoms with E-state index < -0.39 is 0 Å². The molecular weight excluding hydrogens is 533 g/mol. The van der Waals surface area contributed by atoms with Gasteiger partial charge in [0.15, 0.2) is 0 Å². The number of carbonyl (C=O) groups excluding carboxylic acids is 1. The number of fused-ring (bicyclic) bond motifs is 1. The van der Waals surface area contributed by atoms with Crippen LogP contribution in [-0.4, -0.2) is 45.2 Å². The maximum absolute atomic E-state index is 12.9. The van der Waals surface area contributed by atoms with Gasteiger partial charge in [-0.25, -0.2) is 13.1 Å². The van der Waals surface area contributed by atoms with Crippen LogP contribution in [0.3, 0.4) is 0 Å². The maximum Gasteiger partial charge on any atom is 0.257 e. The van der Waals surface area contributed by atoms with Gasteiger partial charge in [-0.3, -0.25) is 4.79 Å². The number of aryl methyl sites for hydroxylation is 1. The summed E-state index contributed by atoms with van der Waals surface area (Å²) in [6, 6.07) is 16.1. The third kappa shape index (κ3) is 4.62. The summed E-state index contributed by atoms with van der Waals surface area (Å²) >= 11 is 4.12. The van der Waals surface area contributed by atoms with Gasteiger partial charge in [0.2, 0.25) is 0 Å². The summed E-state index contributed by atoms with van der Waals surface area (Å²) in [5.41, 5.74) is 1.75. The number of aromatic nitrogens is 2. The quantitative estimate of drug-likeness (QED) is 0.270. The van der Waals surface area contributed by atoms with Crippen LogP contribution in [0.1, 0.15) is 15.2 Å². The molecule has 1 aromatic carbocycles. The number of amides is 1. The summed E-state index contributed by atoms with van der Waals surface area (Å²) in [5.74, 6) is 1.20. The molecule has 0 saturated carbocycles. The molecule has 4 heterocycles. The molecule has 3 aromatic heterocycles. The van der Waals surface area contributed by atoms with E-state index in [-0.39, 0.29) is 5.91 Å². The van der Waals surface area contributed by atoms with E-state index in [0.717, 1.165) is 42.8 Å². The van der Waals surface area contributed by atoms with Crippen LogP contribution in [0.15, 0.2) is 60.9 Å². The Bertz CT molecular complexity index is 1280. The number of nitrogens with zero attached hydrogens (tertiary/aromatic N) is 4. The number of halogens is 1. The standard InChI is InChI=1S/C24H22IN5OS/c1-16-2-5-21(32-16)17-3-4-19-15-27-22(13-20(19)12-17)28-24(31)18-6-7-26-23(14-18)29-8-10-30(25)11-9-29/h2-7,12-15H,8-11H2,1H3,(H,27,28,31). The fourth-order valence-corrected chi connectivity index (χ4v) is 5.08. The molecule has 162 valence electrons. The van der Waals surface area contributed by atoms with E-state index in [1.54, 1.807) is 29.8 Å². The number of carbonyl (C=O) groups is 1. The molecular formula is C24H22IN5OS. The van der Waals surface area contributed by atoms with Crippen LogP contribution in [-0.2, 0) is 0 Å². The second-order valence-electron chi connectivity index (χ2n) is 7.80. The van der Waals surface area contributed by atoms with Crippen molar-refractivity contribution in [3.63, 3.8) is 0 Å². The van der Waals surface area contributed by atoms with Crippen molar-refractivity contribution < 1.29 is 4.79 Å². The summed E-state index contributed by atoms with van der Waals surface area (Å²) in [5, 5.41) is 5.04. The molecule has 8 heteroatoms. The van der Waals surface area contributed by atoms with Crippen LogP contribution < -0.4 is 10.2 Å². The first-order valence-electron chi connectivity index (χ1n) is 10.4. The van der Waals surface area contributed by atoms with Crippen molar-refractivity contribution in [3.8, 4) is 10.4 Å². The predicted molar refractivity (Wildman–Crippen MR) is 140 cm³/mol. The number of benzene rings is 1. The highest BCUT2D eigenvalue weighted by atomic mass is 127. The zero-order chi connectivity index (χ0) is 22.1. The largest absolute Gasteiger partial charge is 0.354 e. The van der Waals surface area contributed by atoms with Crippen LogP contribution in [0.25, 0.3) is 21.2 Å². The maximum atomic E-state index is 12.9. The molecule has 0 atom stereocenters. The van der Waals surface area contributed by atoms with Gasteiger partial charge in [-0.1, -0.05) is 12.1 Å². The SMILES string of the molecule is Cc1ccc(-c2ccc3cnc(NC(=O)c4ccnc(N5CCN(I)CC5)c4)cc3c2)s1. The van der Waals surface area contributed by atoms with Gasteiger partial charge in [0.05, 0.1) is 0 Å². The molecule has 6 nitrogen and oxygen atoms in total. The Hall–Kier alpha value is -2.56. The van der Waals surface area contributed by atoms with E-state index in [1.165, 1.54) is 15.3 Å². The van der Waals surface area contributed by atoms with Crippen LogP contribution in [0.4, 0.5) is 11.6 Å². The molecule has 1 fully saturated rings. The van der Waals surface area contributed by atoms with Crippen molar-refractivity contribution in [1.82, 2.24) is 13.1 Å². The molecule has 0 aliphatic carbocycles. The van der Waals surface area contributed by atoms with E-state index in [2.05, 4.69) is 83.4 Å². The molecule has 5 rings (SSSR count). The van der Waals surface area contributed by atoms with E-state index in [9.17, 15) is 4.79 Å². The van der Waals surface area contributed by atoms with Gasteiger partial charge in [-0.05, 0) is 54.3 Å². The van der Waals surface area contributed by atoms with Crippen LogP contribution in [0.5, 0.6) is 0 Å². The number of piperazine rings is 1. The Morgan fingerprint density at radius 2 is 1.84 bits per heavy atom. The van der Waals surface area contributed by atoms with Gasteiger partial charge < -0.3 is 10.2 Å². The molecule has 1 amide bonds. The van der Waals surface area contributed by atoms with Crippen LogP contribution in [0.2, 0.25) is 0 Å². The summed E-state index contributed by atoms with van der Waals surface area (Å²) < 4.78 is 2.27. The van der Waals surface area contributed by atoms with Crippen LogP contribution >= 0.6 is 34.2 Å².